The van der Waals surface area contributed by atoms with E-state index in [0.717, 1.165) is 5.56 Å². The van der Waals surface area contributed by atoms with Crippen molar-refractivity contribution in [2.24, 2.45) is 17.6 Å². The van der Waals surface area contributed by atoms with Gasteiger partial charge in [0.05, 0.1) is 18.4 Å². The standard InChI is InChI=1S/C30H40N4O5S/c1-19(2)16-26(29(31)36)34(7,28(35)17-20(3)4)18-23-12-14-24(15-13-23)25-10-8-9-11-27(25)40(37,38)33-30-21(5)22(6)39-32-30/h8-15,19-20,26H,16-18H2,1-7H3,(H2-,31,32,33,36)/p+1/t26-,34?/m0/s1. The normalized spacial score (nSPS) is 14.2. The third-order valence-electron chi connectivity index (χ3n) is 7.20. The van der Waals surface area contributed by atoms with Crippen LogP contribution in [0.15, 0.2) is 57.9 Å². The SMILES string of the molecule is Cc1onc(NS(=O)(=O)c2ccccc2-c2ccc(C[N+](C)(C(=O)CC(C)C)[C@@H](CC(C)C)C(N)=O)cc2)c1C. The van der Waals surface area contributed by atoms with E-state index < -0.39 is 22.0 Å². The molecular weight excluding hydrogens is 528 g/mol. The summed E-state index contributed by atoms with van der Waals surface area (Å²) in [7, 11) is -2.18. The summed E-state index contributed by atoms with van der Waals surface area (Å²) in [4.78, 5) is 26.2. The molecule has 3 N–H and O–H groups in total. The lowest BCUT2D eigenvalue weighted by Gasteiger charge is -2.39. The predicted octanol–water partition coefficient (Wildman–Crippen LogP) is 5.18. The van der Waals surface area contributed by atoms with Gasteiger partial charge in [0.2, 0.25) is 0 Å². The lowest BCUT2D eigenvalue weighted by molar-refractivity contribution is -0.865. The van der Waals surface area contributed by atoms with Crippen molar-refractivity contribution < 1.29 is 27.0 Å². The molecule has 2 atom stereocenters. The van der Waals surface area contributed by atoms with Gasteiger partial charge in [-0.05, 0) is 37.3 Å². The zero-order valence-electron chi connectivity index (χ0n) is 24.4. The largest absolute Gasteiger partial charge is 0.364 e. The van der Waals surface area contributed by atoms with Crippen molar-refractivity contribution in [3.63, 3.8) is 0 Å². The topological polar surface area (TPSA) is 132 Å². The molecule has 0 bridgehead atoms. The molecule has 216 valence electrons. The monoisotopic (exact) mass is 569 g/mol. The molecular formula is C30H41N4O5S+. The number of amides is 2. The van der Waals surface area contributed by atoms with Crippen LogP contribution in [0.3, 0.4) is 0 Å². The number of benzene rings is 2. The third-order valence-corrected chi connectivity index (χ3v) is 8.60. The minimum absolute atomic E-state index is 0.0376. The molecule has 0 aliphatic heterocycles. The van der Waals surface area contributed by atoms with E-state index >= 15 is 0 Å². The van der Waals surface area contributed by atoms with Crippen molar-refractivity contribution in [1.29, 1.82) is 0 Å². The maximum absolute atomic E-state index is 13.5. The Kier molecular flexibility index (Phi) is 9.58. The van der Waals surface area contributed by atoms with E-state index in [2.05, 4.69) is 9.88 Å². The van der Waals surface area contributed by atoms with Crippen molar-refractivity contribution in [3.8, 4) is 11.1 Å². The maximum Gasteiger partial charge on any atom is 0.314 e. The molecule has 3 rings (SSSR count). The second-order valence-corrected chi connectivity index (χ2v) is 13.1. The van der Waals surface area contributed by atoms with Crippen molar-refractivity contribution in [3.05, 3.63) is 65.4 Å². The first-order valence-electron chi connectivity index (χ1n) is 13.5. The highest BCUT2D eigenvalue weighted by Crippen LogP contribution is 2.31. The van der Waals surface area contributed by atoms with Crippen LogP contribution in [0.1, 0.15) is 57.4 Å². The number of carbonyl (C=O) groups excluding carboxylic acids is 2. The number of hydrogen-bond acceptors (Lipinski definition) is 6. The lowest BCUT2D eigenvalue weighted by Crippen LogP contribution is -2.61. The highest BCUT2D eigenvalue weighted by atomic mass is 32.2. The van der Waals surface area contributed by atoms with Gasteiger partial charge in [-0.25, -0.2) is 17.7 Å². The molecule has 1 aromatic heterocycles. The summed E-state index contributed by atoms with van der Waals surface area (Å²) >= 11 is 0. The van der Waals surface area contributed by atoms with Crippen molar-refractivity contribution in [2.75, 3.05) is 11.8 Å². The molecule has 9 nitrogen and oxygen atoms in total. The molecule has 0 aliphatic carbocycles. The molecule has 1 heterocycles. The number of carbonyl (C=O) groups is 2. The Morgan fingerprint density at radius 2 is 1.62 bits per heavy atom. The predicted molar refractivity (Wildman–Crippen MR) is 155 cm³/mol. The smallest absolute Gasteiger partial charge is 0.314 e. The second-order valence-electron chi connectivity index (χ2n) is 11.5. The first kappa shape index (κ1) is 31.0. The number of likely N-dealkylation sites (N-methyl/N-ethyl adjacent to an activating group) is 1. The summed E-state index contributed by atoms with van der Waals surface area (Å²) < 4.78 is 34.2. The van der Waals surface area contributed by atoms with Crippen LogP contribution in [-0.2, 0) is 26.2 Å². The van der Waals surface area contributed by atoms with E-state index in [4.69, 9.17) is 10.3 Å². The van der Waals surface area contributed by atoms with Crippen LogP contribution in [0.4, 0.5) is 5.82 Å². The molecule has 10 heteroatoms. The molecule has 0 radical (unpaired) electrons. The highest BCUT2D eigenvalue weighted by Gasteiger charge is 2.43. The zero-order chi connectivity index (χ0) is 29.8. The molecule has 2 aromatic carbocycles. The van der Waals surface area contributed by atoms with Crippen LogP contribution in [-0.4, -0.2) is 43.0 Å². The van der Waals surface area contributed by atoms with Crippen LogP contribution >= 0.6 is 0 Å². The molecule has 0 saturated heterocycles. The van der Waals surface area contributed by atoms with Gasteiger partial charge in [0.25, 0.3) is 15.9 Å². The summed E-state index contributed by atoms with van der Waals surface area (Å²) in [5.74, 6) is 0.471. The minimum atomic E-state index is -3.97. The Hall–Kier alpha value is -3.50. The van der Waals surface area contributed by atoms with Crippen molar-refractivity contribution in [1.82, 2.24) is 5.16 Å². The molecule has 1 unspecified atom stereocenters. The summed E-state index contributed by atoms with van der Waals surface area (Å²) in [6.45, 7) is 11.7. The Labute approximate surface area is 237 Å². The number of nitrogens with zero attached hydrogens (tertiary/aromatic N) is 2. The summed E-state index contributed by atoms with van der Waals surface area (Å²) in [6, 6.07) is 13.4. The number of primary amides is 1. The average molecular weight is 570 g/mol. The number of hydrogen-bond donors (Lipinski definition) is 2. The van der Waals surface area contributed by atoms with Crippen LogP contribution in [0.25, 0.3) is 11.1 Å². The number of aromatic nitrogens is 1. The number of rotatable bonds is 12. The van der Waals surface area contributed by atoms with Gasteiger partial charge >= 0.3 is 5.91 Å². The van der Waals surface area contributed by atoms with Gasteiger partial charge in [-0.2, -0.15) is 0 Å². The summed E-state index contributed by atoms with van der Waals surface area (Å²) in [6.07, 6.45) is 0.829. The van der Waals surface area contributed by atoms with Gasteiger partial charge in [0, 0.05) is 23.1 Å². The van der Waals surface area contributed by atoms with Gasteiger partial charge in [0.15, 0.2) is 11.9 Å². The summed E-state index contributed by atoms with van der Waals surface area (Å²) in [5, 5.41) is 3.82. The second kappa shape index (κ2) is 12.3. The van der Waals surface area contributed by atoms with Crippen LogP contribution in [0.5, 0.6) is 0 Å². The Morgan fingerprint density at radius 1 is 1.00 bits per heavy atom. The molecule has 0 saturated carbocycles. The van der Waals surface area contributed by atoms with Crippen molar-refractivity contribution >= 4 is 27.7 Å². The number of nitrogens with one attached hydrogen (secondary N) is 1. The van der Waals surface area contributed by atoms with Gasteiger partial charge in [-0.1, -0.05) is 75.3 Å². The van der Waals surface area contributed by atoms with Crippen LogP contribution in [0.2, 0.25) is 0 Å². The minimum Gasteiger partial charge on any atom is -0.364 e. The lowest BCUT2D eigenvalue weighted by atomic mass is 9.96. The van der Waals surface area contributed by atoms with E-state index in [1.165, 1.54) is 6.07 Å². The first-order chi connectivity index (χ1) is 18.7. The average Bonchev–Trinajstić information content (AvgIpc) is 3.18. The highest BCUT2D eigenvalue weighted by molar-refractivity contribution is 7.92. The molecule has 3 aromatic rings. The van der Waals surface area contributed by atoms with Gasteiger partial charge in [-0.15, -0.1) is 0 Å². The Bertz CT molecular complexity index is 1460. The number of nitrogens with two attached hydrogens (primary N) is 1. The van der Waals surface area contributed by atoms with Crippen LogP contribution in [0, 0.1) is 25.7 Å². The van der Waals surface area contributed by atoms with Gasteiger partial charge < -0.3 is 10.3 Å². The van der Waals surface area contributed by atoms with E-state index in [0.29, 0.717) is 41.8 Å². The molecule has 0 fully saturated rings. The molecule has 0 spiro atoms. The molecule has 2 amide bonds. The summed E-state index contributed by atoms with van der Waals surface area (Å²) in [5.41, 5.74) is 8.50. The quantitative estimate of drug-likeness (QED) is 0.289. The third kappa shape index (κ3) is 6.98. The molecule has 0 aliphatic rings. The van der Waals surface area contributed by atoms with Gasteiger partial charge in [0.1, 0.15) is 12.3 Å². The fraction of sp³-hybridized carbons (Fsp3) is 0.433. The van der Waals surface area contributed by atoms with Crippen molar-refractivity contribution in [2.45, 2.75) is 71.9 Å². The first-order valence-corrected chi connectivity index (χ1v) is 15.0. The number of sulfonamides is 1. The van der Waals surface area contributed by atoms with E-state index in [1.54, 1.807) is 39.1 Å². The number of aryl methyl sites for hydroxylation is 1. The van der Waals surface area contributed by atoms with E-state index in [-0.39, 0.29) is 32.9 Å². The number of anilines is 1. The maximum atomic E-state index is 13.5. The fourth-order valence-corrected chi connectivity index (χ4v) is 6.10. The van der Waals surface area contributed by atoms with Gasteiger partial charge in [-0.3, -0.25) is 9.52 Å². The number of quaternary nitrogens is 1. The molecule has 40 heavy (non-hydrogen) atoms. The van der Waals surface area contributed by atoms with E-state index in [9.17, 15) is 18.0 Å². The Balaban J connectivity index is 1.96. The van der Waals surface area contributed by atoms with Crippen LogP contribution < -0.4 is 10.5 Å². The van der Waals surface area contributed by atoms with E-state index in [1.807, 2.05) is 52.0 Å². The fourth-order valence-electron chi connectivity index (χ4n) is 4.81. The Morgan fingerprint density at radius 3 is 2.15 bits per heavy atom. The zero-order valence-corrected chi connectivity index (χ0v) is 25.2.